The van der Waals surface area contributed by atoms with Gasteiger partial charge in [0, 0.05) is 12.6 Å². The molecule has 1 aromatic carbocycles. The summed E-state index contributed by atoms with van der Waals surface area (Å²) >= 11 is 0. The van der Waals surface area contributed by atoms with E-state index in [4.69, 9.17) is 10.5 Å². The first-order chi connectivity index (χ1) is 16.8. The number of rotatable bonds is 4. The monoisotopic (exact) mass is 502 g/mol. The van der Waals surface area contributed by atoms with Crippen LogP contribution in [-0.4, -0.2) is 53.1 Å². The Hall–Kier alpha value is -2.61. The van der Waals surface area contributed by atoms with E-state index in [2.05, 4.69) is 22.8 Å². The molecule has 1 aromatic rings. The molecule has 4 atom stereocenters. The Balaban J connectivity index is 0.00000222. The first-order valence-electron chi connectivity index (χ1n) is 13.2. The smallest absolute Gasteiger partial charge is 0.408 e. The summed E-state index contributed by atoms with van der Waals surface area (Å²) in [5.74, 6) is -0.525. The Morgan fingerprint density at radius 1 is 1.08 bits per heavy atom. The molecule has 3 rings (SSSR count). The fraction of sp³-hybridized carbons (Fsp3) is 0.679. The maximum Gasteiger partial charge on any atom is 0.408 e. The van der Waals surface area contributed by atoms with Gasteiger partial charge in [-0.3, -0.25) is 9.59 Å². The van der Waals surface area contributed by atoms with E-state index in [0.29, 0.717) is 6.42 Å². The van der Waals surface area contributed by atoms with Crippen LogP contribution in [0.15, 0.2) is 24.3 Å². The van der Waals surface area contributed by atoms with Gasteiger partial charge < -0.3 is 26.0 Å². The molecule has 0 spiro atoms. The largest absolute Gasteiger partial charge is 0.444 e. The average molecular weight is 503 g/mol. The second kappa shape index (κ2) is 12.1. The van der Waals surface area contributed by atoms with Crippen LogP contribution in [0.4, 0.5) is 4.79 Å². The van der Waals surface area contributed by atoms with Crippen molar-refractivity contribution >= 4 is 17.9 Å². The minimum atomic E-state index is -0.863. The van der Waals surface area contributed by atoms with E-state index in [9.17, 15) is 14.4 Å². The highest BCUT2D eigenvalue weighted by Crippen LogP contribution is 2.31. The van der Waals surface area contributed by atoms with Gasteiger partial charge in [0.1, 0.15) is 17.7 Å². The Morgan fingerprint density at radius 3 is 2.33 bits per heavy atom. The third kappa shape index (κ3) is 7.69. The predicted molar refractivity (Wildman–Crippen MR) is 142 cm³/mol. The van der Waals surface area contributed by atoms with Gasteiger partial charge in [-0.25, -0.2) is 4.79 Å². The predicted octanol–water partition coefficient (Wildman–Crippen LogP) is 4.07. The molecule has 1 aliphatic carbocycles. The second-order valence-electron chi connectivity index (χ2n) is 11.6. The first kappa shape index (κ1) is 29.6. The number of hydrogen-bond acceptors (Lipinski definition) is 5. The normalized spacial score (nSPS) is 22.5. The number of nitrogens with one attached hydrogen (secondary N) is 2. The number of amides is 3. The van der Waals surface area contributed by atoms with E-state index in [1.165, 1.54) is 10.5 Å². The maximum atomic E-state index is 13.7. The molecule has 1 fully saturated rings. The van der Waals surface area contributed by atoms with E-state index in [0.717, 1.165) is 24.8 Å². The van der Waals surface area contributed by atoms with Crippen LogP contribution >= 0.6 is 0 Å². The van der Waals surface area contributed by atoms with Crippen molar-refractivity contribution in [3.05, 3.63) is 35.4 Å². The lowest BCUT2D eigenvalue weighted by atomic mass is 9.85. The fourth-order valence-corrected chi connectivity index (χ4v) is 4.77. The van der Waals surface area contributed by atoms with Gasteiger partial charge in [0.15, 0.2) is 0 Å². The molecular formula is C28H46N4O4. The number of likely N-dealkylation sites (tertiary alicyclic amines) is 1. The first-order valence-corrected chi connectivity index (χ1v) is 13.2. The average Bonchev–Trinajstić information content (AvgIpc) is 3.18. The quantitative estimate of drug-likeness (QED) is 0.574. The zero-order valence-corrected chi connectivity index (χ0v) is 23.3. The van der Waals surface area contributed by atoms with Gasteiger partial charge in [0.05, 0.1) is 6.04 Å². The number of fused-ring (bicyclic) bond motifs is 1. The molecule has 4 N–H and O–H groups in total. The minimum absolute atomic E-state index is 0.0791. The highest BCUT2D eigenvalue weighted by atomic mass is 16.6. The maximum absolute atomic E-state index is 13.7. The fourth-order valence-electron chi connectivity index (χ4n) is 4.77. The molecule has 2 aliphatic rings. The van der Waals surface area contributed by atoms with Crippen molar-refractivity contribution in [3.63, 3.8) is 0 Å². The van der Waals surface area contributed by atoms with Crippen molar-refractivity contribution in [3.8, 4) is 0 Å². The summed E-state index contributed by atoms with van der Waals surface area (Å²) in [6.45, 7) is 15.2. The summed E-state index contributed by atoms with van der Waals surface area (Å²) in [5.41, 5.74) is 7.32. The van der Waals surface area contributed by atoms with Crippen molar-refractivity contribution in [2.45, 2.75) is 111 Å². The van der Waals surface area contributed by atoms with Crippen LogP contribution in [0, 0.1) is 5.41 Å². The van der Waals surface area contributed by atoms with Gasteiger partial charge in [-0.1, -0.05) is 58.9 Å². The molecule has 8 nitrogen and oxygen atoms in total. The van der Waals surface area contributed by atoms with Crippen LogP contribution in [0.5, 0.6) is 0 Å². The zero-order valence-electron chi connectivity index (χ0n) is 23.3. The summed E-state index contributed by atoms with van der Waals surface area (Å²) in [5, 5.41) is 5.91. The minimum Gasteiger partial charge on any atom is -0.444 e. The summed E-state index contributed by atoms with van der Waals surface area (Å²) < 4.78 is 5.38. The van der Waals surface area contributed by atoms with Gasteiger partial charge in [-0.05, 0) is 63.0 Å². The number of hydrogen-bond donors (Lipinski definition) is 3. The molecular weight excluding hydrogens is 456 g/mol. The van der Waals surface area contributed by atoms with Crippen LogP contribution in [0.3, 0.4) is 0 Å². The van der Waals surface area contributed by atoms with Crippen molar-refractivity contribution < 1.29 is 19.1 Å². The molecule has 36 heavy (non-hydrogen) atoms. The molecule has 8 heteroatoms. The Morgan fingerprint density at radius 2 is 1.72 bits per heavy atom. The van der Waals surface area contributed by atoms with Crippen LogP contribution in [-0.2, 0) is 20.7 Å². The van der Waals surface area contributed by atoms with Crippen LogP contribution < -0.4 is 16.4 Å². The van der Waals surface area contributed by atoms with E-state index < -0.39 is 29.2 Å². The molecule has 1 saturated heterocycles. The zero-order chi connectivity index (χ0) is 27.3. The van der Waals surface area contributed by atoms with Crippen molar-refractivity contribution in [1.29, 1.82) is 0 Å². The number of aryl methyl sites for hydroxylation is 1. The lowest BCUT2D eigenvalue weighted by molar-refractivity contribution is -0.142. The number of nitrogens with zero attached hydrogens (tertiary/aromatic N) is 1. The Kier molecular flexibility index (Phi) is 9.94. The van der Waals surface area contributed by atoms with E-state index in [1.807, 2.05) is 46.8 Å². The number of ether oxygens (including phenoxy) is 1. The summed E-state index contributed by atoms with van der Waals surface area (Å²) in [7, 11) is 0. The lowest BCUT2D eigenvalue weighted by Crippen LogP contribution is -2.58. The van der Waals surface area contributed by atoms with Gasteiger partial charge in [-0.2, -0.15) is 0 Å². The molecule has 1 aliphatic heterocycles. The molecule has 0 saturated carbocycles. The summed E-state index contributed by atoms with van der Waals surface area (Å²) in [6.07, 6.45) is 2.59. The molecule has 4 unspecified atom stereocenters. The number of carbonyl (C=O) groups excluding carboxylic acids is 3. The topological polar surface area (TPSA) is 114 Å². The standard InChI is InChI=1S/C26H40N4O4.C2H6/c1-25(2,3)21(29-24(33)34-26(4,5)6)23(32)30-15-17(27)14-20(30)22(31)28-19-13-9-11-16-10-7-8-12-18(16)19;1-2/h7-8,10,12,17,19-21H,9,11,13-15,27H2,1-6H3,(H,28,31)(H,29,33);1-2H3. The Bertz CT molecular complexity index is 919. The van der Waals surface area contributed by atoms with Gasteiger partial charge in [0.25, 0.3) is 0 Å². The van der Waals surface area contributed by atoms with Crippen LogP contribution in [0.1, 0.15) is 91.8 Å². The number of alkyl carbamates (subject to hydrolysis) is 1. The molecule has 1 heterocycles. The molecule has 3 amide bonds. The third-order valence-electron chi connectivity index (χ3n) is 6.38. The second-order valence-corrected chi connectivity index (χ2v) is 11.6. The highest BCUT2D eigenvalue weighted by Gasteiger charge is 2.45. The van der Waals surface area contributed by atoms with Crippen molar-refractivity contribution in [1.82, 2.24) is 15.5 Å². The SMILES string of the molecule is CC.CC(C)(C)OC(=O)NC(C(=O)N1CC(N)CC1C(=O)NC1CCCc2ccccc21)C(C)(C)C. The highest BCUT2D eigenvalue weighted by molar-refractivity contribution is 5.92. The van der Waals surface area contributed by atoms with E-state index in [1.54, 1.807) is 20.8 Å². The number of nitrogens with two attached hydrogens (primary N) is 1. The van der Waals surface area contributed by atoms with Crippen molar-refractivity contribution in [2.24, 2.45) is 11.1 Å². The van der Waals surface area contributed by atoms with Crippen molar-refractivity contribution in [2.75, 3.05) is 6.54 Å². The summed E-state index contributed by atoms with van der Waals surface area (Å²) in [6, 6.07) is 6.24. The number of benzene rings is 1. The van der Waals surface area contributed by atoms with Gasteiger partial charge in [-0.15, -0.1) is 0 Å². The summed E-state index contributed by atoms with van der Waals surface area (Å²) in [4.78, 5) is 41.1. The molecule has 202 valence electrons. The van der Waals surface area contributed by atoms with Crippen LogP contribution in [0.2, 0.25) is 0 Å². The van der Waals surface area contributed by atoms with E-state index >= 15 is 0 Å². The van der Waals surface area contributed by atoms with Gasteiger partial charge in [0.2, 0.25) is 11.8 Å². The Labute approximate surface area is 216 Å². The molecule has 0 radical (unpaired) electrons. The van der Waals surface area contributed by atoms with Gasteiger partial charge >= 0.3 is 6.09 Å². The van der Waals surface area contributed by atoms with E-state index in [-0.39, 0.29) is 30.4 Å². The lowest BCUT2D eigenvalue weighted by Gasteiger charge is -2.36. The van der Waals surface area contributed by atoms with Crippen LogP contribution in [0.25, 0.3) is 0 Å². The number of carbonyl (C=O) groups is 3. The molecule has 0 bridgehead atoms. The molecule has 0 aromatic heterocycles. The third-order valence-corrected chi connectivity index (χ3v) is 6.38.